The van der Waals surface area contributed by atoms with Crippen LogP contribution in [0.3, 0.4) is 0 Å². The second-order valence-electron chi connectivity index (χ2n) is 4.61. The Hall–Kier alpha value is -1.67. The van der Waals surface area contributed by atoms with Crippen molar-refractivity contribution in [3.05, 3.63) is 24.3 Å². The molecule has 2 N–H and O–H groups in total. The normalized spacial score (nSPS) is 10.5. The minimum Gasteiger partial charge on any atom is -0.491 e. The van der Waals surface area contributed by atoms with Crippen molar-refractivity contribution in [2.75, 3.05) is 58.2 Å². The van der Waals surface area contributed by atoms with Crippen molar-refractivity contribution >= 4 is 11.6 Å². The quantitative estimate of drug-likeness (QED) is 0.527. The Kier molecular flexibility index (Phi) is 10.8. The van der Waals surface area contributed by atoms with E-state index in [0.29, 0.717) is 46.2 Å². The minimum absolute atomic E-state index is 0.0269. The lowest BCUT2D eigenvalue weighted by molar-refractivity contribution is -0.114. The fourth-order valence-corrected chi connectivity index (χ4v) is 1.66. The van der Waals surface area contributed by atoms with E-state index in [9.17, 15) is 4.79 Å². The topological polar surface area (TPSA) is 86.3 Å². The number of carbonyl (C=O) groups is 1. The highest BCUT2D eigenvalue weighted by atomic mass is 16.6. The van der Waals surface area contributed by atoms with Gasteiger partial charge in [0.25, 0.3) is 0 Å². The number of hydrogen-bond donors (Lipinski definition) is 2. The van der Waals surface area contributed by atoms with Crippen LogP contribution < -0.4 is 10.1 Å². The number of aliphatic hydroxyl groups excluding tert-OH is 1. The van der Waals surface area contributed by atoms with Gasteiger partial charge in [-0.3, -0.25) is 4.79 Å². The van der Waals surface area contributed by atoms with Crippen LogP contribution in [-0.2, 0) is 19.0 Å². The van der Waals surface area contributed by atoms with Gasteiger partial charge in [-0.2, -0.15) is 0 Å². The molecule has 1 aromatic rings. The first-order chi connectivity index (χ1) is 11.2. The molecule has 130 valence electrons. The van der Waals surface area contributed by atoms with Crippen molar-refractivity contribution in [3.8, 4) is 5.75 Å². The number of benzene rings is 1. The number of rotatable bonds is 13. The Balaban J connectivity index is 1.95. The fraction of sp³-hybridized carbons (Fsp3) is 0.562. The lowest BCUT2D eigenvalue weighted by Gasteiger charge is -2.09. The Morgan fingerprint density at radius 2 is 1.43 bits per heavy atom. The number of aliphatic hydroxyl groups is 1. The highest BCUT2D eigenvalue weighted by Crippen LogP contribution is 2.15. The summed E-state index contributed by atoms with van der Waals surface area (Å²) in [6, 6.07) is 7.15. The van der Waals surface area contributed by atoms with Crippen molar-refractivity contribution < 1.29 is 28.8 Å². The molecule has 0 aliphatic rings. The van der Waals surface area contributed by atoms with Crippen molar-refractivity contribution in [2.45, 2.75) is 6.92 Å². The molecular formula is C16H25NO6. The molecule has 0 spiro atoms. The summed E-state index contributed by atoms with van der Waals surface area (Å²) in [5.74, 6) is 0.620. The molecule has 0 atom stereocenters. The molecule has 0 aliphatic carbocycles. The van der Waals surface area contributed by atoms with Gasteiger partial charge in [0, 0.05) is 12.6 Å². The van der Waals surface area contributed by atoms with Gasteiger partial charge in [0.05, 0.1) is 46.2 Å². The largest absolute Gasteiger partial charge is 0.491 e. The zero-order valence-electron chi connectivity index (χ0n) is 13.5. The van der Waals surface area contributed by atoms with Crippen LogP contribution >= 0.6 is 0 Å². The molecule has 0 aliphatic heterocycles. The Labute approximate surface area is 136 Å². The molecule has 7 heteroatoms. The third kappa shape index (κ3) is 10.6. The second kappa shape index (κ2) is 12.8. The predicted octanol–water partition coefficient (Wildman–Crippen LogP) is 1.07. The summed E-state index contributed by atoms with van der Waals surface area (Å²) in [5, 5.41) is 11.2. The predicted molar refractivity (Wildman–Crippen MR) is 85.8 cm³/mol. The highest BCUT2D eigenvalue weighted by Gasteiger charge is 1.97. The van der Waals surface area contributed by atoms with Gasteiger partial charge >= 0.3 is 0 Å². The maximum absolute atomic E-state index is 10.9. The fourth-order valence-electron chi connectivity index (χ4n) is 1.66. The molecule has 0 fully saturated rings. The molecule has 0 heterocycles. The molecule has 0 radical (unpaired) electrons. The van der Waals surface area contributed by atoms with Crippen LogP contribution in [-0.4, -0.2) is 63.9 Å². The molecule has 1 aromatic carbocycles. The van der Waals surface area contributed by atoms with E-state index in [1.54, 1.807) is 24.3 Å². The molecule has 1 amide bonds. The number of anilines is 1. The maximum atomic E-state index is 10.9. The standard InChI is InChI=1S/C16H25NO6/c1-14(19)17-15-2-4-16(5-3-15)23-13-12-22-11-10-21-9-8-20-7-6-18/h2-5,18H,6-13H2,1H3,(H,17,19). The highest BCUT2D eigenvalue weighted by molar-refractivity contribution is 5.88. The zero-order valence-corrected chi connectivity index (χ0v) is 13.5. The van der Waals surface area contributed by atoms with Crippen LogP contribution in [0.5, 0.6) is 5.75 Å². The molecule has 0 bridgehead atoms. The summed E-state index contributed by atoms with van der Waals surface area (Å²) in [7, 11) is 0. The summed E-state index contributed by atoms with van der Waals surface area (Å²) in [6.07, 6.45) is 0. The molecule has 23 heavy (non-hydrogen) atoms. The van der Waals surface area contributed by atoms with E-state index in [4.69, 9.17) is 24.1 Å². The molecule has 0 saturated carbocycles. The van der Waals surface area contributed by atoms with Gasteiger partial charge in [-0.15, -0.1) is 0 Å². The van der Waals surface area contributed by atoms with E-state index < -0.39 is 0 Å². The summed E-state index contributed by atoms with van der Waals surface area (Å²) >= 11 is 0. The lowest BCUT2D eigenvalue weighted by Crippen LogP contribution is -2.13. The van der Waals surface area contributed by atoms with E-state index in [2.05, 4.69) is 5.32 Å². The van der Waals surface area contributed by atoms with Gasteiger partial charge in [0.15, 0.2) is 0 Å². The third-order valence-corrected chi connectivity index (χ3v) is 2.65. The zero-order chi connectivity index (χ0) is 16.8. The smallest absolute Gasteiger partial charge is 0.221 e. The van der Waals surface area contributed by atoms with E-state index >= 15 is 0 Å². The molecule has 0 aromatic heterocycles. The van der Waals surface area contributed by atoms with E-state index in [1.807, 2.05) is 0 Å². The molecule has 0 unspecified atom stereocenters. The number of ether oxygens (including phenoxy) is 4. The SMILES string of the molecule is CC(=O)Nc1ccc(OCCOCCOCCOCCO)cc1. The van der Waals surface area contributed by atoms with Gasteiger partial charge in [-0.05, 0) is 24.3 Å². The second-order valence-corrected chi connectivity index (χ2v) is 4.61. The Morgan fingerprint density at radius 1 is 0.913 bits per heavy atom. The first-order valence-electron chi connectivity index (χ1n) is 7.57. The van der Waals surface area contributed by atoms with Crippen molar-refractivity contribution in [2.24, 2.45) is 0 Å². The summed E-state index contributed by atoms with van der Waals surface area (Å²) in [6.45, 7) is 4.68. The monoisotopic (exact) mass is 327 g/mol. The molecule has 7 nitrogen and oxygen atoms in total. The van der Waals surface area contributed by atoms with Crippen LogP contribution in [0.2, 0.25) is 0 Å². The van der Waals surface area contributed by atoms with E-state index in [-0.39, 0.29) is 12.5 Å². The van der Waals surface area contributed by atoms with Crippen LogP contribution in [0.4, 0.5) is 5.69 Å². The van der Waals surface area contributed by atoms with Crippen LogP contribution in [0.15, 0.2) is 24.3 Å². The van der Waals surface area contributed by atoms with Gasteiger partial charge in [-0.1, -0.05) is 0 Å². The maximum Gasteiger partial charge on any atom is 0.221 e. The third-order valence-electron chi connectivity index (χ3n) is 2.65. The first kappa shape index (κ1) is 19.4. The van der Waals surface area contributed by atoms with Crippen LogP contribution in [0.25, 0.3) is 0 Å². The van der Waals surface area contributed by atoms with Gasteiger partial charge in [0.2, 0.25) is 5.91 Å². The number of nitrogens with one attached hydrogen (secondary N) is 1. The van der Waals surface area contributed by atoms with E-state index in [1.165, 1.54) is 6.92 Å². The first-order valence-corrected chi connectivity index (χ1v) is 7.57. The van der Waals surface area contributed by atoms with Crippen molar-refractivity contribution in [1.29, 1.82) is 0 Å². The Morgan fingerprint density at radius 3 is 1.96 bits per heavy atom. The molecule has 0 saturated heterocycles. The number of amides is 1. The van der Waals surface area contributed by atoms with Crippen LogP contribution in [0.1, 0.15) is 6.92 Å². The van der Waals surface area contributed by atoms with E-state index in [0.717, 1.165) is 11.4 Å². The number of hydrogen-bond acceptors (Lipinski definition) is 6. The summed E-state index contributed by atoms with van der Waals surface area (Å²) < 4.78 is 21.2. The Bertz CT molecular complexity index is 423. The lowest BCUT2D eigenvalue weighted by atomic mass is 10.3. The van der Waals surface area contributed by atoms with Gasteiger partial charge in [0.1, 0.15) is 12.4 Å². The van der Waals surface area contributed by atoms with Gasteiger partial charge in [-0.25, -0.2) is 0 Å². The molecule has 1 rings (SSSR count). The van der Waals surface area contributed by atoms with Crippen LogP contribution in [0, 0.1) is 0 Å². The number of carbonyl (C=O) groups excluding carboxylic acids is 1. The minimum atomic E-state index is -0.103. The molecular weight excluding hydrogens is 302 g/mol. The average Bonchev–Trinajstić information content (AvgIpc) is 2.53. The van der Waals surface area contributed by atoms with Crippen molar-refractivity contribution in [3.63, 3.8) is 0 Å². The summed E-state index contributed by atoms with van der Waals surface area (Å²) in [4.78, 5) is 10.9. The van der Waals surface area contributed by atoms with Gasteiger partial charge < -0.3 is 29.4 Å². The summed E-state index contributed by atoms with van der Waals surface area (Å²) in [5.41, 5.74) is 0.737. The van der Waals surface area contributed by atoms with Crippen molar-refractivity contribution in [1.82, 2.24) is 0 Å². The average molecular weight is 327 g/mol.